The number of halogens is 2. The SMILES string of the molecule is CCN1CCN(c2ccccc2NC(=O)CSc2ccc(F)cc2F)CC1. The molecule has 1 fully saturated rings. The minimum atomic E-state index is -0.651. The summed E-state index contributed by atoms with van der Waals surface area (Å²) in [6.07, 6.45) is 0. The molecule has 1 heterocycles. The van der Waals surface area contributed by atoms with Crippen molar-refractivity contribution >= 4 is 29.0 Å². The van der Waals surface area contributed by atoms with Crippen molar-refractivity contribution < 1.29 is 13.6 Å². The van der Waals surface area contributed by atoms with E-state index >= 15 is 0 Å². The number of piperazine rings is 1. The molecular weight excluding hydrogens is 368 g/mol. The maximum atomic E-state index is 13.7. The number of likely N-dealkylation sites (N-methyl/N-ethyl adjacent to an activating group) is 1. The summed E-state index contributed by atoms with van der Waals surface area (Å²) in [5, 5.41) is 2.92. The fourth-order valence-electron chi connectivity index (χ4n) is 3.08. The van der Waals surface area contributed by atoms with E-state index < -0.39 is 11.6 Å². The van der Waals surface area contributed by atoms with Crippen LogP contribution in [0.1, 0.15) is 6.92 Å². The van der Waals surface area contributed by atoms with Crippen LogP contribution in [0.25, 0.3) is 0 Å². The summed E-state index contributed by atoms with van der Waals surface area (Å²) >= 11 is 1.05. The third kappa shape index (κ3) is 5.20. The number of para-hydroxylation sites is 2. The second kappa shape index (κ2) is 9.19. The molecule has 1 N–H and O–H groups in total. The van der Waals surface area contributed by atoms with Crippen LogP contribution in [0.15, 0.2) is 47.4 Å². The molecule has 0 spiro atoms. The Kier molecular flexibility index (Phi) is 6.68. The summed E-state index contributed by atoms with van der Waals surface area (Å²) in [4.78, 5) is 17.3. The van der Waals surface area contributed by atoms with Crippen molar-refractivity contribution in [3.05, 3.63) is 54.1 Å². The van der Waals surface area contributed by atoms with Gasteiger partial charge in [-0.2, -0.15) is 0 Å². The molecule has 4 nitrogen and oxygen atoms in total. The highest BCUT2D eigenvalue weighted by Crippen LogP contribution is 2.28. The monoisotopic (exact) mass is 391 g/mol. The van der Waals surface area contributed by atoms with Crippen molar-refractivity contribution in [1.29, 1.82) is 0 Å². The molecule has 144 valence electrons. The molecule has 0 unspecified atom stereocenters. The second-order valence-electron chi connectivity index (χ2n) is 6.35. The standard InChI is InChI=1S/C20H23F2N3OS/c1-2-24-9-11-25(12-10-24)18-6-4-3-5-17(18)23-20(26)14-27-19-8-7-15(21)13-16(19)22/h3-8,13H,2,9-12,14H2,1H3,(H,23,26). The molecule has 7 heteroatoms. The van der Waals surface area contributed by atoms with Gasteiger partial charge in [0, 0.05) is 37.1 Å². The van der Waals surface area contributed by atoms with Crippen LogP contribution < -0.4 is 10.2 Å². The summed E-state index contributed by atoms with van der Waals surface area (Å²) in [5.74, 6) is -1.44. The Morgan fingerprint density at radius 3 is 2.56 bits per heavy atom. The van der Waals surface area contributed by atoms with E-state index in [1.54, 1.807) is 0 Å². The van der Waals surface area contributed by atoms with Crippen LogP contribution >= 0.6 is 11.8 Å². The number of carbonyl (C=O) groups is 1. The van der Waals surface area contributed by atoms with E-state index in [4.69, 9.17) is 0 Å². The number of hydrogen-bond acceptors (Lipinski definition) is 4. The first-order valence-corrected chi connectivity index (χ1v) is 9.99. The lowest BCUT2D eigenvalue weighted by Gasteiger charge is -2.36. The van der Waals surface area contributed by atoms with E-state index in [1.165, 1.54) is 12.1 Å². The van der Waals surface area contributed by atoms with Gasteiger partial charge in [-0.15, -0.1) is 11.8 Å². The van der Waals surface area contributed by atoms with Crippen LogP contribution in [0.5, 0.6) is 0 Å². The fourth-order valence-corrected chi connectivity index (χ4v) is 3.80. The van der Waals surface area contributed by atoms with Gasteiger partial charge in [0.25, 0.3) is 0 Å². The molecule has 1 aliphatic heterocycles. The largest absolute Gasteiger partial charge is 0.367 e. The Hall–Kier alpha value is -2.12. The molecule has 0 radical (unpaired) electrons. The van der Waals surface area contributed by atoms with Crippen molar-refractivity contribution in [3.63, 3.8) is 0 Å². The smallest absolute Gasteiger partial charge is 0.234 e. The Balaban J connectivity index is 1.61. The number of amides is 1. The molecule has 0 aliphatic carbocycles. The summed E-state index contributed by atoms with van der Waals surface area (Å²) < 4.78 is 26.7. The van der Waals surface area contributed by atoms with Crippen LogP contribution in [-0.4, -0.2) is 49.3 Å². The first-order valence-electron chi connectivity index (χ1n) is 9.01. The Morgan fingerprint density at radius 1 is 1.11 bits per heavy atom. The number of anilines is 2. The summed E-state index contributed by atoms with van der Waals surface area (Å²) in [7, 11) is 0. The van der Waals surface area contributed by atoms with Gasteiger partial charge in [0.05, 0.1) is 17.1 Å². The first-order chi connectivity index (χ1) is 13.1. The topological polar surface area (TPSA) is 35.6 Å². The van der Waals surface area contributed by atoms with Gasteiger partial charge in [-0.25, -0.2) is 8.78 Å². The number of nitrogens with one attached hydrogen (secondary N) is 1. The summed E-state index contributed by atoms with van der Waals surface area (Å²) in [5.41, 5.74) is 1.76. The van der Waals surface area contributed by atoms with Gasteiger partial charge in [0.15, 0.2) is 0 Å². The molecule has 2 aromatic carbocycles. The van der Waals surface area contributed by atoms with Gasteiger partial charge in [-0.3, -0.25) is 4.79 Å². The van der Waals surface area contributed by atoms with E-state index in [2.05, 4.69) is 22.0 Å². The van der Waals surface area contributed by atoms with Crippen molar-refractivity contribution in [2.75, 3.05) is 48.7 Å². The zero-order valence-corrected chi connectivity index (χ0v) is 16.1. The van der Waals surface area contributed by atoms with Gasteiger partial charge in [-0.05, 0) is 30.8 Å². The molecular formula is C20H23F2N3OS. The van der Waals surface area contributed by atoms with Crippen molar-refractivity contribution in [3.8, 4) is 0 Å². The molecule has 1 aliphatic rings. The number of nitrogens with zero attached hydrogens (tertiary/aromatic N) is 2. The van der Waals surface area contributed by atoms with Crippen LogP contribution in [0.4, 0.5) is 20.2 Å². The van der Waals surface area contributed by atoms with Crippen LogP contribution in [0.3, 0.4) is 0 Å². The predicted octanol–water partition coefficient (Wildman–Crippen LogP) is 3.84. The first kappa shape index (κ1) is 19.6. The number of thioether (sulfide) groups is 1. The fraction of sp³-hybridized carbons (Fsp3) is 0.350. The lowest BCUT2D eigenvalue weighted by molar-refractivity contribution is -0.113. The van der Waals surface area contributed by atoms with E-state index in [-0.39, 0.29) is 16.6 Å². The Morgan fingerprint density at radius 2 is 1.85 bits per heavy atom. The van der Waals surface area contributed by atoms with Gasteiger partial charge in [0.1, 0.15) is 11.6 Å². The molecule has 1 saturated heterocycles. The highest BCUT2D eigenvalue weighted by atomic mass is 32.2. The minimum absolute atomic E-state index is 0.0561. The van der Waals surface area contributed by atoms with E-state index in [0.717, 1.165) is 61.9 Å². The Bertz CT molecular complexity index is 795. The molecule has 0 bridgehead atoms. The maximum absolute atomic E-state index is 13.7. The Labute approximate surface area is 162 Å². The number of benzene rings is 2. The zero-order valence-electron chi connectivity index (χ0n) is 15.3. The van der Waals surface area contributed by atoms with E-state index in [9.17, 15) is 13.6 Å². The van der Waals surface area contributed by atoms with E-state index in [1.807, 2.05) is 24.3 Å². The van der Waals surface area contributed by atoms with Gasteiger partial charge in [0.2, 0.25) is 5.91 Å². The molecule has 1 amide bonds. The van der Waals surface area contributed by atoms with Gasteiger partial charge < -0.3 is 15.1 Å². The normalized spacial score (nSPS) is 15.0. The van der Waals surface area contributed by atoms with Crippen LogP contribution in [0.2, 0.25) is 0 Å². The average Bonchev–Trinajstić information content (AvgIpc) is 2.68. The lowest BCUT2D eigenvalue weighted by Crippen LogP contribution is -2.46. The molecule has 0 saturated carbocycles. The molecule has 2 aromatic rings. The lowest BCUT2D eigenvalue weighted by atomic mass is 10.2. The van der Waals surface area contributed by atoms with Gasteiger partial charge >= 0.3 is 0 Å². The van der Waals surface area contributed by atoms with Crippen molar-refractivity contribution in [2.45, 2.75) is 11.8 Å². The van der Waals surface area contributed by atoms with Crippen LogP contribution in [-0.2, 0) is 4.79 Å². The summed E-state index contributed by atoms with van der Waals surface area (Å²) in [6, 6.07) is 11.1. The number of hydrogen-bond donors (Lipinski definition) is 1. The second-order valence-corrected chi connectivity index (χ2v) is 7.37. The predicted molar refractivity (Wildman–Crippen MR) is 106 cm³/mol. The third-order valence-corrected chi connectivity index (χ3v) is 5.64. The minimum Gasteiger partial charge on any atom is -0.367 e. The highest BCUT2D eigenvalue weighted by molar-refractivity contribution is 8.00. The van der Waals surface area contributed by atoms with E-state index in [0.29, 0.717) is 0 Å². The molecule has 3 rings (SSSR count). The highest BCUT2D eigenvalue weighted by Gasteiger charge is 2.19. The molecule has 0 aromatic heterocycles. The molecule has 0 atom stereocenters. The number of rotatable bonds is 6. The quantitative estimate of drug-likeness (QED) is 0.759. The molecule has 27 heavy (non-hydrogen) atoms. The van der Waals surface area contributed by atoms with Crippen molar-refractivity contribution in [1.82, 2.24) is 4.90 Å². The van der Waals surface area contributed by atoms with Gasteiger partial charge in [-0.1, -0.05) is 19.1 Å². The number of carbonyl (C=O) groups excluding carboxylic acids is 1. The maximum Gasteiger partial charge on any atom is 0.234 e. The third-order valence-electron chi connectivity index (χ3n) is 4.59. The zero-order chi connectivity index (χ0) is 19.2. The van der Waals surface area contributed by atoms with Crippen LogP contribution in [0, 0.1) is 11.6 Å². The average molecular weight is 391 g/mol. The summed E-state index contributed by atoms with van der Waals surface area (Å²) in [6.45, 7) is 7.03. The van der Waals surface area contributed by atoms with Crippen molar-refractivity contribution in [2.24, 2.45) is 0 Å².